The van der Waals surface area contributed by atoms with Gasteiger partial charge in [0.05, 0.1) is 30.5 Å². The van der Waals surface area contributed by atoms with E-state index < -0.39 is 11.7 Å². The monoisotopic (exact) mass is 396 g/mol. The number of carbonyl (C=O) groups is 2. The maximum Gasteiger partial charge on any atom is 0.299 e. The fraction of sp³-hybridized carbons (Fsp3) is 0.111. The maximum atomic E-state index is 12.2. The molecule has 0 bridgehead atoms. The quantitative estimate of drug-likeness (QED) is 0.635. The molecular formula is C18H13BrN4O2. The van der Waals surface area contributed by atoms with Crippen LogP contribution >= 0.6 is 15.9 Å². The Bertz CT molecular complexity index is 965. The van der Waals surface area contributed by atoms with Crippen LogP contribution in [0.1, 0.15) is 21.6 Å². The van der Waals surface area contributed by atoms with E-state index in [0.717, 1.165) is 10.0 Å². The second-order valence-corrected chi connectivity index (χ2v) is 6.69. The lowest BCUT2D eigenvalue weighted by Gasteiger charge is -2.14. The molecule has 0 spiro atoms. The van der Waals surface area contributed by atoms with Gasteiger partial charge in [-0.15, -0.1) is 5.10 Å². The molecule has 25 heavy (non-hydrogen) atoms. The minimum Gasteiger partial charge on any atom is -0.299 e. The van der Waals surface area contributed by atoms with Crippen molar-refractivity contribution in [3.8, 4) is 0 Å². The van der Waals surface area contributed by atoms with Gasteiger partial charge in [0.15, 0.2) is 0 Å². The first kappa shape index (κ1) is 15.7. The van der Waals surface area contributed by atoms with Crippen molar-refractivity contribution in [2.45, 2.75) is 13.1 Å². The number of Topliss-reactive ketones (excluding diaryl/α,β-unsaturated/α-hetero) is 1. The molecule has 7 heteroatoms. The van der Waals surface area contributed by atoms with Gasteiger partial charge < -0.3 is 0 Å². The molecule has 0 atom stereocenters. The second-order valence-electron chi connectivity index (χ2n) is 5.77. The zero-order valence-corrected chi connectivity index (χ0v) is 14.7. The van der Waals surface area contributed by atoms with Crippen LogP contribution in [-0.2, 0) is 17.9 Å². The van der Waals surface area contributed by atoms with Gasteiger partial charge in [0.25, 0.3) is 11.7 Å². The van der Waals surface area contributed by atoms with Crippen LogP contribution in [0.2, 0.25) is 0 Å². The van der Waals surface area contributed by atoms with E-state index in [1.807, 2.05) is 30.3 Å². The van der Waals surface area contributed by atoms with Crippen molar-refractivity contribution < 1.29 is 9.59 Å². The molecule has 0 N–H and O–H groups in total. The highest BCUT2D eigenvalue weighted by Crippen LogP contribution is 2.29. The van der Waals surface area contributed by atoms with E-state index in [2.05, 4.69) is 26.2 Å². The van der Waals surface area contributed by atoms with Crippen molar-refractivity contribution in [1.29, 1.82) is 0 Å². The third-order valence-electron chi connectivity index (χ3n) is 4.04. The number of nitrogens with zero attached hydrogens (tertiary/aromatic N) is 4. The zero-order chi connectivity index (χ0) is 17.4. The number of anilines is 1. The van der Waals surface area contributed by atoms with Gasteiger partial charge in [-0.25, -0.2) is 4.68 Å². The molecule has 1 amide bonds. The molecule has 0 unspecified atom stereocenters. The van der Waals surface area contributed by atoms with Crippen LogP contribution in [-0.4, -0.2) is 26.7 Å². The lowest BCUT2D eigenvalue weighted by atomic mass is 10.1. The third kappa shape index (κ3) is 2.98. The molecule has 0 radical (unpaired) electrons. The molecule has 2 heterocycles. The molecule has 124 valence electrons. The Kier molecular flexibility index (Phi) is 3.93. The van der Waals surface area contributed by atoms with Crippen molar-refractivity contribution in [2.75, 3.05) is 4.90 Å². The van der Waals surface area contributed by atoms with Gasteiger partial charge in [0.1, 0.15) is 5.69 Å². The first-order valence-electron chi connectivity index (χ1n) is 7.70. The largest absolute Gasteiger partial charge is 0.299 e. The molecule has 0 saturated heterocycles. The van der Waals surface area contributed by atoms with Crippen LogP contribution in [0.5, 0.6) is 0 Å². The first-order valence-corrected chi connectivity index (χ1v) is 8.50. The summed E-state index contributed by atoms with van der Waals surface area (Å²) in [6.45, 7) is 0.811. The van der Waals surface area contributed by atoms with Crippen LogP contribution in [0.4, 0.5) is 5.69 Å². The summed E-state index contributed by atoms with van der Waals surface area (Å²) in [6.07, 6.45) is 1.79. The number of fused-ring (bicyclic) bond motifs is 1. The van der Waals surface area contributed by atoms with E-state index in [-0.39, 0.29) is 6.54 Å². The summed E-state index contributed by atoms with van der Waals surface area (Å²) < 4.78 is 2.73. The summed E-state index contributed by atoms with van der Waals surface area (Å²) in [6, 6.07) is 14.9. The third-order valence-corrected chi connectivity index (χ3v) is 4.57. The average molecular weight is 397 g/mol. The standard InChI is InChI=1S/C18H13BrN4O2/c19-13-7-5-12(6-8-13)9-22-10-14(20-21-22)11-23-16-4-2-1-3-15(16)17(24)18(23)25/h1-8,10H,9,11H2. The van der Waals surface area contributed by atoms with Crippen LogP contribution in [0.15, 0.2) is 59.2 Å². The number of ketones is 1. The van der Waals surface area contributed by atoms with Crippen molar-refractivity contribution in [3.63, 3.8) is 0 Å². The number of aromatic nitrogens is 3. The number of carbonyl (C=O) groups excluding carboxylic acids is 2. The Morgan fingerprint density at radius 3 is 2.52 bits per heavy atom. The molecule has 0 fully saturated rings. The number of amides is 1. The SMILES string of the molecule is O=C1C(=O)N(Cc2cn(Cc3ccc(Br)cc3)nn2)c2ccccc21. The van der Waals surface area contributed by atoms with E-state index in [1.165, 1.54) is 4.90 Å². The molecule has 1 aliphatic rings. The van der Waals surface area contributed by atoms with E-state index in [1.54, 1.807) is 29.1 Å². The molecule has 0 saturated carbocycles. The van der Waals surface area contributed by atoms with Crippen molar-refractivity contribution >= 4 is 33.3 Å². The highest BCUT2D eigenvalue weighted by Gasteiger charge is 2.35. The second kappa shape index (κ2) is 6.25. The molecule has 4 rings (SSSR count). The molecule has 1 aliphatic heterocycles. The highest BCUT2D eigenvalue weighted by atomic mass is 79.9. The van der Waals surface area contributed by atoms with E-state index in [4.69, 9.17) is 0 Å². The van der Waals surface area contributed by atoms with Gasteiger partial charge in [-0.3, -0.25) is 14.5 Å². The fourth-order valence-electron chi connectivity index (χ4n) is 2.83. The highest BCUT2D eigenvalue weighted by molar-refractivity contribution is 9.10. The summed E-state index contributed by atoms with van der Waals surface area (Å²) in [5, 5.41) is 8.23. The van der Waals surface area contributed by atoms with Gasteiger partial charge in [0, 0.05) is 4.47 Å². The minimum absolute atomic E-state index is 0.224. The Morgan fingerprint density at radius 2 is 1.72 bits per heavy atom. The Balaban J connectivity index is 1.53. The van der Waals surface area contributed by atoms with Gasteiger partial charge >= 0.3 is 0 Å². The number of benzene rings is 2. The van der Waals surface area contributed by atoms with Crippen LogP contribution in [0, 0.1) is 0 Å². The van der Waals surface area contributed by atoms with Gasteiger partial charge in [-0.2, -0.15) is 0 Å². The van der Waals surface area contributed by atoms with Crippen LogP contribution in [0.3, 0.4) is 0 Å². The van der Waals surface area contributed by atoms with Gasteiger partial charge in [-0.1, -0.05) is 45.4 Å². The summed E-state index contributed by atoms with van der Waals surface area (Å²) in [7, 11) is 0. The van der Waals surface area contributed by atoms with Crippen LogP contribution < -0.4 is 4.90 Å². The Morgan fingerprint density at radius 1 is 0.960 bits per heavy atom. The van der Waals surface area contributed by atoms with Gasteiger partial charge in [-0.05, 0) is 29.8 Å². The van der Waals surface area contributed by atoms with E-state index in [9.17, 15) is 9.59 Å². The fourth-order valence-corrected chi connectivity index (χ4v) is 3.10. The van der Waals surface area contributed by atoms with E-state index >= 15 is 0 Å². The lowest BCUT2D eigenvalue weighted by Crippen LogP contribution is -2.29. The number of rotatable bonds is 4. The zero-order valence-electron chi connectivity index (χ0n) is 13.1. The summed E-state index contributed by atoms with van der Waals surface area (Å²) in [5.41, 5.74) is 2.79. The van der Waals surface area contributed by atoms with Crippen molar-refractivity contribution in [3.05, 3.63) is 76.0 Å². The lowest BCUT2D eigenvalue weighted by molar-refractivity contribution is -0.114. The number of halogens is 1. The molecule has 6 nitrogen and oxygen atoms in total. The van der Waals surface area contributed by atoms with E-state index in [0.29, 0.717) is 23.5 Å². The summed E-state index contributed by atoms with van der Waals surface area (Å²) >= 11 is 3.41. The normalized spacial score (nSPS) is 13.4. The van der Waals surface area contributed by atoms with Crippen molar-refractivity contribution in [2.24, 2.45) is 0 Å². The Labute approximate surface area is 152 Å². The molecular weight excluding hydrogens is 384 g/mol. The first-order chi connectivity index (χ1) is 12.1. The maximum absolute atomic E-state index is 12.2. The minimum atomic E-state index is -0.524. The molecule has 3 aromatic rings. The number of hydrogen-bond donors (Lipinski definition) is 0. The smallest absolute Gasteiger partial charge is 0.299 e. The van der Waals surface area contributed by atoms with Crippen molar-refractivity contribution in [1.82, 2.24) is 15.0 Å². The summed E-state index contributed by atoms with van der Waals surface area (Å²) in [5.74, 6) is -0.999. The number of para-hydroxylation sites is 1. The molecule has 2 aromatic carbocycles. The average Bonchev–Trinajstić information content (AvgIpc) is 3.16. The number of hydrogen-bond acceptors (Lipinski definition) is 4. The van der Waals surface area contributed by atoms with Crippen LogP contribution in [0.25, 0.3) is 0 Å². The summed E-state index contributed by atoms with van der Waals surface area (Å²) in [4.78, 5) is 25.7. The molecule has 1 aromatic heterocycles. The van der Waals surface area contributed by atoms with Gasteiger partial charge in [0.2, 0.25) is 0 Å². The Hall–Kier alpha value is -2.80. The predicted molar refractivity (Wildman–Crippen MR) is 95.2 cm³/mol. The topological polar surface area (TPSA) is 68.1 Å². The predicted octanol–water partition coefficient (Wildman–Crippen LogP) is 2.82. The molecule has 0 aliphatic carbocycles.